The molecular formula is C57H32N2O4. The molecule has 0 bridgehead atoms. The number of oxazole rings is 2. The Kier molecular flexibility index (Phi) is 6.94. The van der Waals surface area contributed by atoms with Crippen molar-refractivity contribution in [2.24, 2.45) is 0 Å². The molecule has 12 aromatic rings. The predicted octanol–water partition coefficient (Wildman–Crippen LogP) is 15.0. The standard InChI is InChI=1S/C57H32N2O4/c1-2-12-43-39(11-1)42-30-33(23-26-44(42)57(43)45-13-3-7-17-49(45)60-50-18-8-4-14-46(50)57)34-21-24-40-41-25-22-35(32-54(41)61-53(40)31-34)36-27-37(55-58-47-15-5-9-19-51(47)62-55)29-38(28-36)56-59-48-16-6-10-20-52(48)63-56/h1-32H. The Hall–Kier alpha value is -8.48. The van der Waals surface area contributed by atoms with Crippen LogP contribution in [-0.4, -0.2) is 9.97 Å². The molecule has 294 valence electrons. The highest BCUT2D eigenvalue weighted by atomic mass is 16.5. The lowest BCUT2D eigenvalue weighted by atomic mass is 9.66. The molecule has 0 N–H and O–H groups in total. The van der Waals surface area contributed by atoms with Gasteiger partial charge in [0.2, 0.25) is 11.8 Å². The molecule has 0 fully saturated rings. The van der Waals surface area contributed by atoms with Crippen molar-refractivity contribution in [2.45, 2.75) is 5.41 Å². The molecule has 9 aromatic carbocycles. The molecule has 0 saturated heterocycles. The summed E-state index contributed by atoms with van der Waals surface area (Å²) in [7, 11) is 0. The van der Waals surface area contributed by atoms with Gasteiger partial charge in [0.1, 0.15) is 33.7 Å². The molecule has 6 heteroatoms. The maximum atomic E-state index is 6.73. The number of furan rings is 1. The maximum absolute atomic E-state index is 6.73. The van der Waals surface area contributed by atoms with Crippen LogP contribution in [0.3, 0.4) is 0 Å². The van der Waals surface area contributed by atoms with Crippen LogP contribution in [0.25, 0.3) is 100 Å². The number of hydrogen-bond donors (Lipinski definition) is 0. The van der Waals surface area contributed by atoms with Gasteiger partial charge in [-0.1, -0.05) is 109 Å². The summed E-state index contributed by atoms with van der Waals surface area (Å²) in [5.41, 5.74) is 17.3. The maximum Gasteiger partial charge on any atom is 0.227 e. The Bertz CT molecular complexity index is 3660. The largest absolute Gasteiger partial charge is 0.457 e. The van der Waals surface area contributed by atoms with Gasteiger partial charge in [0.05, 0.1) is 5.41 Å². The van der Waals surface area contributed by atoms with Crippen molar-refractivity contribution in [3.63, 3.8) is 0 Å². The van der Waals surface area contributed by atoms with Gasteiger partial charge in [-0.3, -0.25) is 0 Å². The SMILES string of the molecule is c1ccc2c(c1)Oc1ccccc1C21c2ccccc2-c2cc(-c3ccc4c(c3)oc3cc(-c5cc(-c6nc7ccccc7o6)cc(-c6nc7ccccc7o6)c5)ccc34)ccc21. The summed E-state index contributed by atoms with van der Waals surface area (Å²) in [6.45, 7) is 0. The lowest BCUT2D eigenvalue weighted by Crippen LogP contribution is -2.32. The molecule has 3 aromatic heterocycles. The van der Waals surface area contributed by atoms with Gasteiger partial charge >= 0.3 is 0 Å². The molecule has 0 saturated carbocycles. The molecule has 1 aliphatic carbocycles. The van der Waals surface area contributed by atoms with E-state index in [-0.39, 0.29) is 0 Å². The van der Waals surface area contributed by atoms with E-state index < -0.39 is 5.41 Å². The molecule has 6 nitrogen and oxygen atoms in total. The molecule has 0 radical (unpaired) electrons. The minimum atomic E-state index is -0.498. The highest BCUT2D eigenvalue weighted by molar-refractivity contribution is 6.07. The topological polar surface area (TPSA) is 74.4 Å². The van der Waals surface area contributed by atoms with E-state index in [4.69, 9.17) is 28.0 Å². The van der Waals surface area contributed by atoms with E-state index in [1.165, 1.54) is 22.3 Å². The van der Waals surface area contributed by atoms with Crippen LogP contribution in [0.15, 0.2) is 207 Å². The molecule has 0 amide bonds. The Labute approximate surface area is 360 Å². The van der Waals surface area contributed by atoms with Crippen LogP contribution < -0.4 is 4.74 Å². The third-order valence-electron chi connectivity index (χ3n) is 13.0. The number of nitrogens with zero attached hydrogens (tertiary/aromatic N) is 2. The average Bonchev–Trinajstić information content (AvgIpc) is 4.13. The Balaban J connectivity index is 0.882. The van der Waals surface area contributed by atoms with Gasteiger partial charge < -0.3 is 18.0 Å². The molecular weight excluding hydrogens is 777 g/mol. The van der Waals surface area contributed by atoms with E-state index >= 15 is 0 Å². The van der Waals surface area contributed by atoms with E-state index in [1.54, 1.807) is 0 Å². The molecule has 1 aliphatic heterocycles. The third-order valence-corrected chi connectivity index (χ3v) is 13.0. The second kappa shape index (κ2) is 12.8. The van der Waals surface area contributed by atoms with E-state index in [2.05, 4.69) is 140 Å². The summed E-state index contributed by atoms with van der Waals surface area (Å²) in [4.78, 5) is 9.67. The monoisotopic (exact) mass is 808 g/mol. The van der Waals surface area contributed by atoms with Crippen LogP contribution in [-0.2, 0) is 5.41 Å². The molecule has 4 heterocycles. The molecule has 2 aliphatic rings. The van der Waals surface area contributed by atoms with Crippen molar-refractivity contribution < 1.29 is 18.0 Å². The zero-order valence-corrected chi connectivity index (χ0v) is 33.5. The molecule has 0 unspecified atom stereocenters. The second-order valence-electron chi connectivity index (χ2n) is 16.4. The van der Waals surface area contributed by atoms with Crippen LogP contribution in [0.5, 0.6) is 11.5 Å². The zero-order chi connectivity index (χ0) is 41.2. The van der Waals surface area contributed by atoms with Crippen molar-refractivity contribution in [3.05, 3.63) is 216 Å². The first-order chi connectivity index (χ1) is 31.2. The van der Waals surface area contributed by atoms with Crippen LogP contribution in [0, 0.1) is 0 Å². The van der Waals surface area contributed by atoms with Gasteiger partial charge in [-0.15, -0.1) is 0 Å². The van der Waals surface area contributed by atoms with Crippen LogP contribution in [0.1, 0.15) is 22.3 Å². The predicted molar refractivity (Wildman–Crippen MR) is 248 cm³/mol. The van der Waals surface area contributed by atoms with Gasteiger partial charge in [0.25, 0.3) is 0 Å². The van der Waals surface area contributed by atoms with Crippen molar-refractivity contribution in [2.75, 3.05) is 0 Å². The first kappa shape index (κ1) is 34.3. The average molecular weight is 809 g/mol. The van der Waals surface area contributed by atoms with Gasteiger partial charge in [-0.05, 0) is 129 Å². The molecule has 0 atom stereocenters. The number of hydrogen-bond acceptors (Lipinski definition) is 6. The van der Waals surface area contributed by atoms with Crippen molar-refractivity contribution in [1.82, 2.24) is 9.97 Å². The van der Waals surface area contributed by atoms with Crippen LogP contribution in [0.4, 0.5) is 0 Å². The summed E-state index contributed by atoms with van der Waals surface area (Å²) in [5.74, 6) is 2.84. The Morgan fingerprint density at radius 1 is 0.317 bits per heavy atom. The van der Waals surface area contributed by atoms with Gasteiger partial charge in [0, 0.05) is 33.0 Å². The summed E-state index contributed by atoms with van der Waals surface area (Å²) in [5, 5.41) is 2.12. The number of fused-ring (bicyclic) bond motifs is 14. The lowest BCUT2D eigenvalue weighted by molar-refractivity contribution is 0.436. The van der Waals surface area contributed by atoms with Gasteiger partial charge in [0.15, 0.2) is 11.2 Å². The Morgan fingerprint density at radius 3 is 1.41 bits per heavy atom. The zero-order valence-electron chi connectivity index (χ0n) is 33.5. The Morgan fingerprint density at radius 2 is 0.794 bits per heavy atom. The quantitative estimate of drug-likeness (QED) is 0.176. The first-order valence-corrected chi connectivity index (χ1v) is 21.1. The summed E-state index contributed by atoms with van der Waals surface area (Å²) in [6.07, 6.45) is 0. The van der Waals surface area contributed by atoms with Crippen molar-refractivity contribution >= 4 is 44.1 Å². The molecule has 63 heavy (non-hydrogen) atoms. The fourth-order valence-corrected chi connectivity index (χ4v) is 10.2. The number of ether oxygens (including phenoxy) is 1. The number of aromatic nitrogens is 2. The van der Waals surface area contributed by atoms with E-state index in [1.807, 2.05) is 54.6 Å². The number of rotatable bonds is 4. The molecule has 14 rings (SSSR count). The highest BCUT2D eigenvalue weighted by Gasteiger charge is 2.50. The van der Waals surface area contributed by atoms with Crippen molar-refractivity contribution in [1.29, 1.82) is 0 Å². The summed E-state index contributed by atoms with van der Waals surface area (Å²) in [6, 6.07) is 67.5. The smallest absolute Gasteiger partial charge is 0.227 e. The number of benzene rings is 9. The summed E-state index contributed by atoms with van der Waals surface area (Å²) < 4.78 is 25.8. The highest BCUT2D eigenvalue weighted by Crippen LogP contribution is 2.62. The van der Waals surface area contributed by atoms with Crippen LogP contribution in [0.2, 0.25) is 0 Å². The van der Waals surface area contributed by atoms with E-state index in [0.717, 1.165) is 100 Å². The van der Waals surface area contributed by atoms with Crippen LogP contribution >= 0.6 is 0 Å². The minimum Gasteiger partial charge on any atom is -0.457 e. The number of para-hydroxylation sites is 6. The summed E-state index contributed by atoms with van der Waals surface area (Å²) >= 11 is 0. The third kappa shape index (κ3) is 4.94. The first-order valence-electron chi connectivity index (χ1n) is 21.1. The minimum absolute atomic E-state index is 0.498. The van der Waals surface area contributed by atoms with Gasteiger partial charge in [-0.25, -0.2) is 9.97 Å². The fraction of sp³-hybridized carbons (Fsp3) is 0.0175. The second-order valence-corrected chi connectivity index (χ2v) is 16.4. The van der Waals surface area contributed by atoms with E-state index in [9.17, 15) is 0 Å². The normalized spacial score (nSPS) is 13.3. The van der Waals surface area contributed by atoms with Gasteiger partial charge in [-0.2, -0.15) is 0 Å². The molecule has 1 spiro atoms. The fourth-order valence-electron chi connectivity index (χ4n) is 10.2. The lowest BCUT2D eigenvalue weighted by Gasteiger charge is -2.39. The van der Waals surface area contributed by atoms with E-state index in [0.29, 0.717) is 11.8 Å². The van der Waals surface area contributed by atoms with Crippen molar-refractivity contribution in [3.8, 4) is 67.8 Å².